The maximum atomic E-state index is 9.24. The van der Waals surface area contributed by atoms with Crippen molar-refractivity contribution in [2.75, 3.05) is 6.54 Å². The number of halogens is 1. The molecule has 0 aliphatic rings. The van der Waals surface area contributed by atoms with Gasteiger partial charge in [-0.15, -0.1) is 0 Å². The van der Waals surface area contributed by atoms with Crippen molar-refractivity contribution in [2.24, 2.45) is 5.73 Å². The summed E-state index contributed by atoms with van der Waals surface area (Å²) in [5.74, 6) is -0.968. The van der Waals surface area contributed by atoms with Crippen LogP contribution in [0.15, 0.2) is 0 Å². The minimum atomic E-state index is -0.968. The van der Waals surface area contributed by atoms with Crippen LogP contribution >= 0.6 is 0 Å². The van der Waals surface area contributed by atoms with Gasteiger partial charge in [-0.25, -0.2) is 0 Å². The molecular formula is C2H6ClK2NO3. The average molecular weight is 206 g/mol. The van der Waals surface area contributed by atoms with E-state index in [9.17, 15) is 4.79 Å². The van der Waals surface area contributed by atoms with E-state index in [1.54, 1.807) is 0 Å². The van der Waals surface area contributed by atoms with E-state index in [4.69, 9.17) is 5.11 Å². The molecule has 0 unspecified atom stereocenters. The van der Waals surface area contributed by atoms with Crippen LogP contribution in [-0.4, -0.2) is 23.1 Å². The van der Waals surface area contributed by atoms with E-state index in [2.05, 4.69) is 5.73 Å². The molecule has 0 heterocycles. The van der Waals surface area contributed by atoms with Crippen LogP contribution in [0, 0.1) is 0 Å². The van der Waals surface area contributed by atoms with E-state index in [1.165, 1.54) is 0 Å². The monoisotopic (exact) mass is 205 g/mol. The molecule has 46 valence electrons. The van der Waals surface area contributed by atoms with Crippen molar-refractivity contribution in [3.8, 4) is 0 Å². The Labute approximate surface area is 145 Å². The minimum absolute atomic E-state index is 0. The number of nitrogens with two attached hydrogens (primary N) is 1. The molecule has 4 nitrogen and oxygen atoms in total. The molecule has 4 N–H and O–H groups in total. The Morgan fingerprint density at radius 3 is 1.56 bits per heavy atom. The molecule has 7 heteroatoms. The third-order valence-electron chi connectivity index (χ3n) is 0.175. The van der Waals surface area contributed by atoms with Gasteiger partial charge in [-0.1, -0.05) is 0 Å². The number of hydrogen-bond donors (Lipinski definition) is 2. The number of carboxylic acids is 1. The first-order valence-electron chi connectivity index (χ1n) is 1.19. The van der Waals surface area contributed by atoms with Gasteiger partial charge in [-0.3, -0.25) is 4.79 Å². The standard InChI is InChI=1S/C2H5NO2.ClH.2K.H2O/c3-1-2(4)5;;;;/h1,3H2,(H,4,5);1H;;;1H2/q;;2*+1;/p-2. The Morgan fingerprint density at radius 1 is 1.44 bits per heavy atom. The van der Waals surface area contributed by atoms with Gasteiger partial charge < -0.3 is 28.7 Å². The fraction of sp³-hybridized carbons (Fsp3) is 0.500. The average Bonchev–Trinajstić information content (AvgIpc) is 1.38. The van der Waals surface area contributed by atoms with Crippen molar-refractivity contribution in [1.29, 1.82) is 0 Å². The Morgan fingerprint density at radius 2 is 1.56 bits per heavy atom. The number of carboxylic acid groups (broad SMARTS) is 1. The van der Waals surface area contributed by atoms with Crippen molar-refractivity contribution in [1.82, 2.24) is 0 Å². The summed E-state index contributed by atoms with van der Waals surface area (Å²) in [4.78, 5) is 9.24. The summed E-state index contributed by atoms with van der Waals surface area (Å²) in [6, 6.07) is 0. The maximum absolute atomic E-state index is 9.24. The molecule has 0 radical (unpaired) electrons. The van der Waals surface area contributed by atoms with Gasteiger partial charge in [0.1, 0.15) is 0 Å². The second-order valence-corrected chi connectivity index (χ2v) is 0.598. The van der Waals surface area contributed by atoms with Gasteiger partial charge in [0.25, 0.3) is 0 Å². The molecule has 0 fully saturated rings. The summed E-state index contributed by atoms with van der Waals surface area (Å²) < 4.78 is 0. The minimum Gasteiger partial charge on any atom is -1.00 e. The fourth-order valence-electron chi connectivity index (χ4n) is 0. The molecule has 9 heavy (non-hydrogen) atoms. The van der Waals surface area contributed by atoms with Gasteiger partial charge in [0.2, 0.25) is 0 Å². The predicted molar refractivity (Wildman–Crippen MR) is 18.6 cm³/mol. The van der Waals surface area contributed by atoms with E-state index < -0.39 is 5.97 Å². The molecular weight excluding hydrogens is 200 g/mol. The summed E-state index contributed by atoms with van der Waals surface area (Å²) >= 11 is 0. The molecule has 0 aromatic carbocycles. The van der Waals surface area contributed by atoms with Crippen molar-refractivity contribution in [3.63, 3.8) is 0 Å². The summed E-state index contributed by atoms with van der Waals surface area (Å²) in [5.41, 5.74) is 4.57. The molecule has 0 aromatic rings. The predicted octanol–water partition coefficient (Wildman–Crippen LogP) is -10.1. The van der Waals surface area contributed by atoms with Crippen molar-refractivity contribution >= 4 is 5.97 Å². The van der Waals surface area contributed by atoms with E-state index in [0.717, 1.165) is 0 Å². The molecule has 0 atom stereocenters. The van der Waals surface area contributed by atoms with E-state index >= 15 is 0 Å². The first-order chi connectivity index (χ1) is 2.27. The third-order valence-corrected chi connectivity index (χ3v) is 0.175. The number of aliphatic carboxylic acids is 1. The van der Waals surface area contributed by atoms with E-state index in [-0.39, 0.29) is 127 Å². The normalized spacial score (nSPS) is 4.11. The van der Waals surface area contributed by atoms with Crippen LogP contribution in [0.2, 0.25) is 0 Å². The van der Waals surface area contributed by atoms with Crippen LogP contribution in [-0.2, 0) is 4.79 Å². The van der Waals surface area contributed by atoms with Gasteiger partial charge in [-0.2, -0.15) is 0 Å². The molecule has 0 saturated heterocycles. The number of hydrogen-bond acceptors (Lipinski definition) is 3. The molecule has 0 aliphatic carbocycles. The van der Waals surface area contributed by atoms with Gasteiger partial charge in [0.15, 0.2) is 0 Å². The smallest absolute Gasteiger partial charge is 1.00 e. The maximum Gasteiger partial charge on any atom is 1.00 e. The molecule has 0 saturated carbocycles. The molecule has 0 amide bonds. The topological polar surface area (TPSA) is 93.3 Å². The summed E-state index contributed by atoms with van der Waals surface area (Å²) in [5, 5.41) is 7.60. The zero-order chi connectivity index (χ0) is 4.28. The zero-order valence-corrected chi connectivity index (χ0v) is 12.5. The summed E-state index contributed by atoms with van der Waals surface area (Å²) in [7, 11) is 0. The van der Waals surface area contributed by atoms with Gasteiger partial charge in [0.05, 0.1) is 6.54 Å². The first kappa shape index (κ1) is 29.7. The molecule has 0 aliphatic heterocycles. The Balaban J connectivity index is -0.0000000133. The summed E-state index contributed by atoms with van der Waals surface area (Å²) in [6.07, 6.45) is 0. The second-order valence-electron chi connectivity index (χ2n) is 0.598. The van der Waals surface area contributed by atoms with Gasteiger partial charge in [0, 0.05) is 0 Å². The molecule has 0 rings (SSSR count). The first-order valence-corrected chi connectivity index (χ1v) is 1.19. The van der Waals surface area contributed by atoms with Crippen LogP contribution in [0.25, 0.3) is 0 Å². The van der Waals surface area contributed by atoms with Crippen LogP contribution in [0.3, 0.4) is 0 Å². The summed E-state index contributed by atoms with van der Waals surface area (Å²) in [6.45, 7) is -0.278. The van der Waals surface area contributed by atoms with Crippen LogP contribution in [0.4, 0.5) is 0 Å². The van der Waals surface area contributed by atoms with Gasteiger partial charge in [-0.05, 0) is 0 Å². The van der Waals surface area contributed by atoms with Crippen LogP contribution in [0.5, 0.6) is 0 Å². The van der Waals surface area contributed by atoms with E-state index in [1.807, 2.05) is 0 Å². The Bertz CT molecular complexity index is 55.1. The quantitative estimate of drug-likeness (QED) is 0.416. The zero-order valence-electron chi connectivity index (χ0n) is 5.47. The van der Waals surface area contributed by atoms with Crippen molar-refractivity contribution in [3.05, 3.63) is 0 Å². The van der Waals surface area contributed by atoms with E-state index in [0.29, 0.717) is 0 Å². The van der Waals surface area contributed by atoms with Crippen molar-refractivity contribution in [2.45, 2.75) is 0 Å². The van der Waals surface area contributed by atoms with Crippen molar-refractivity contribution < 1.29 is 131 Å². The fourth-order valence-corrected chi connectivity index (χ4v) is 0. The van der Waals surface area contributed by atoms with Crippen LogP contribution in [0.1, 0.15) is 0 Å². The van der Waals surface area contributed by atoms with Crippen LogP contribution < -0.4 is 121 Å². The molecule has 0 aromatic heterocycles. The SMILES string of the molecule is NCC(=O)O.[Cl-].[K+].[K+].[OH-]. The Hall–Kier alpha value is 2.95. The largest absolute Gasteiger partial charge is 1.00 e. The number of carbonyl (C=O) groups is 1. The Kier molecular flexibility index (Phi) is 74.0. The molecule has 0 spiro atoms. The molecule has 0 bridgehead atoms. The number of rotatable bonds is 1. The van der Waals surface area contributed by atoms with Gasteiger partial charge >= 0.3 is 109 Å². The third kappa shape index (κ3) is 35.8. The second kappa shape index (κ2) is 22.4.